The molecule has 22 heavy (non-hydrogen) atoms. The molecule has 2 heterocycles. The van der Waals surface area contributed by atoms with E-state index in [-0.39, 0.29) is 5.92 Å². The van der Waals surface area contributed by atoms with Crippen molar-refractivity contribution >= 4 is 5.52 Å². The lowest BCUT2D eigenvalue weighted by molar-refractivity contribution is 0.989. The van der Waals surface area contributed by atoms with Gasteiger partial charge in [0.25, 0.3) is 0 Å². The fraction of sp³-hybridized carbons (Fsp3) is 0.0476. The molecule has 0 N–H and O–H groups in total. The van der Waals surface area contributed by atoms with Gasteiger partial charge in [0.15, 0.2) is 0 Å². The van der Waals surface area contributed by atoms with Crippen molar-refractivity contribution in [2.24, 2.45) is 0 Å². The van der Waals surface area contributed by atoms with Crippen LogP contribution in [-0.4, -0.2) is 4.40 Å². The predicted octanol–water partition coefficient (Wildman–Crippen LogP) is 5.12. The minimum absolute atomic E-state index is 0.259. The lowest BCUT2D eigenvalue weighted by Crippen LogP contribution is -2.02. The van der Waals surface area contributed by atoms with Crippen LogP contribution in [0.4, 0.5) is 0 Å². The van der Waals surface area contributed by atoms with Gasteiger partial charge < -0.3 is 4.40 Å². The van der Waals surface area contributed by atoms with Crippen molar-refractivity contribution in [1.82, 2.24) is 4.40 Å². The summed E-state index contributed by atoms with van der Waals surface area (Å²) in [5.74, 6) is 0.259. The van der Waals surface area contributed by atoms with Gasteiger partial charge >= 0.3 is 0 Å². The summed E-state index contributed by atoms with van der Waals surface area (Å²) in [6.07, 6.45) is 4.25. The number of rotatable bonds is 3. The highest BCUT2D eigenvalue weighted by molar-refractivity contribution is 5.62. The van der Waals surface area contributed by atoms with Crippen LogP contribution in [0.15, 0.2) is 97.3 Å². The standard InChI is InChI=1S/C21H17N/c1-3-9-17(10-4-1)21(18-11-5-2-6-12-18)19-14-16-22-15-8-7-13-20(19)22/h1-16,21H. The van der Waals surface area contributed by atoms with E-state index in [0.717, 1.165) is 0 Å². The van der Waals surface area contributed by atoms with E-state index in [1.54, 1.807) is 0 Å². The average Bonchev–Trinajstić information content (AvgIpc) is 3.01. The molecule has 0 aliphatic carbocycles. The zero-order chi connectivity index (χ0) is 14.8. The molecular weight excluding hydrogens is 266 g/mol. The predicted molar refractivity (Wildman–Crippen MR) is 91.2 cm³/mol. The molecule has 2 aromatic carbocycles. The van der Waals surface area contributed by atoms with Gasteiger partial charge in [0.05, 0.1) is 0 Å². The fourth-order valence-electron chi connectivity index (χ4n) is 3.16. The van der Waals surface area contributed by atoms with Crippen molar-refractivity contribution in [1.29, 1.82) is 0 Å². The van der Waals surface area contributed by atoms with Gasteiger partial charge in [-0.25, -0.2) is 0 Å². The monoisotopic (exact) mass is 283 g/mol. The Labute approximate surface area is 130 Å². The maximum absolute atomic E-state index is 2.24. The van der Waals surface area contributed by atoms with E-state index in [1.165, 1.54) is 22.2 Å². The van der Waals surface area contributed by atoms with Crippen LogP contribution >= 0.6 is 0 Å². The molecule has 0 amide bonds. The molecule has 2 aromatic heterocycles. The highest BCUT2D eigenvalue weighted by Crippen LogP contribution is 2.34. The first-order chi connectivity index (χ1) is 10.9. The Bertz CT molecular complexity index is 836. The van der Waals surface area contributed by atoms with Crippen LogP contribution in [0.1, 0.15) is 22.6 Å². The molecule has 0 fully saturated rings. The third-order valence-electron chi connectivity index (χ3n) is 4.18. The largest absolute Gasteiger partial charge is 0.324 e. The second kappa shape index (κ2) is 5.53. The molecule has 4 rings (SSSR count). The van der Waals surface area contributed by atoms with Crippen molar-refractivity contribution in [2.45, 2.75) is 5.92 Å². The summed E-state index contributed by atoms with van der Waals surface area (Å²) in [6.45, 7) is 0. The first-order valence-corrected chi connectivity index (χ1v) is 7.59. The van der Waals surface area contributed by atoms with Gasteiger partial charge in [-0.05, 0) is 34.9 Å². The number of benzene rings is 2. The van der Waals surface area contributed by atoms with Gasteiger partial charge in [-0.3, -0.25) is 0 Å². The first-order valence-electron chi connectivity index (χ1n) is 7.59. The van der Waals surface area contributed by atoms with E-state index in [2.05, 4.69) is 102 Å². The molecular formula is C21H17N. The van der Waals surface area contributed by atoms with Crippen LogP contribution in [-0.2, 0) is 0 Å². The van der Waals surface area contributed by atoms with E-state index in [1.807, 2.05) is 0 Å². The molecule has 4 aromatic rings. The van der Waals surface area contributed by atoms with Gasteiger partial charge in [-0.2, -0.15) is 0 Å². The molecule has 0 aliphatic rings. The van der Waals surface area contributed by atoms with Gasteiger partial charge in [0.2, 0.25) is 0 Å². The van der Waals surface area contributed by atoms with Gasteiger partial charge in [0.1, 0.15) is 0 Å². The van der Waals surface area contributed by atoms with Crippen LogP contribution in [0.3, 0.4) is 0 Å². The molecule has 0 unspecified atom stereocenters. The molecule has 0 saturated carbocycles. The highest BCUT2D eigenvalue weighted by atomic mass is 14.9. The Hall–Kier alpha value is -2.80. The van der Waals surface area contributed by atoms with Gasteiger partial charge in [-0.1, -0.05) is 66.7 Å². The SMILES string of the molecule is c1ccc(C(c2ccccc2)c2ccn3ccccc23)cc1. The Morgan fingerprint density at radius 2 is 1.14 bits per heavy atom. The summed E-state index contributed by atoms with van der Waals surface area (Å²) in [7, 11) is 0. The van der Waals surface area contributed by atoms with Crippen molar-refractivity contribution < 1.29 is 0 Å². The summed E-state index contributed by atoms with van der Waals surface area (Å²) in [5.41, 5.74) is 5.26. The van der Waals surface area contributed by atoms with Crippen LogP contribution in [0.5, 0.6) is 0 Å². The Balaban J connectivity index is 1.95. The molecule has 0 spiro atoms. The minimum atomic E-state index is 0.259. The quantitative estimate of drug-likeness (QED) is 0.491. The molecule has 0 bridgehead atoms. The number of hydrogen-bond acceptors (Lipinski definition) is 0. The fourth-order valence-corrected chi connectivity index (χ4v) is 3.16. The number of nitrogens with zero attached hydrogens (tertiary/aromatic N) is 1. The van der Waals surface area contributed by atoms with Crippen molar-refractivity contribution in [3.63, 3.8) is 0 Å². The summed E-state index contributed by atoms with van der Waals surface area (Å²) in [6, 6.07) is 30.0. The van der Waals surface area contributed by atoms with E-state index in [0.29, 0.717) is 0 Å². The maximum atomic E-state index is 2.24. The summed E-state index contributed by atoms with van der Waals surface area (Å²) in [5, 5.41) is 0. The van der Waals surface area contributed by atoms with Crippen LogP contribution < -0.4 is 0 Å². The molecule has 1 nitrogen and oxygen atoms in total. The van der Waals surface area contributed by atoms with E-state index in [4.69, 9.17) is 0 Å². The topological polar surface area (TPSA) is 4.41 Å². The van der Waals surface area contributed by atoms with Crippen LogP contribution in [0.2, 0.25) is 0 Å². The normalized spacial score (nSPS) is 11.1. The molecule has 0 aliphatic heterocycles. The Kier molecular flexibility index (Phi) is 3.24. The number of fused-ring (bicyclic) bond motifs is 1. The summed E-state index contributed by atoms with van der Waals surface area (Å²) in [4.78, 5) is 0. The molecule has 0 saturated heterocycles. The van der Waals surface area contributed by atoms with Crippen molar-refractivity contribution in [3.05, 3.63) is 114 Å². The van der Waals surface area contributed by atoms with E-state index >= 15 is 0 Å². The maximum Gasteiger partial charge on any atom is 0.0491 e. The van der Waals surface area contributed by atoms with Crippen LogP contribution in [0, 0.1) is 0 Å². The van der Waals surface area contributed by atoms with E-state index in [9.17, 15) is 0 Å². The third-order valence-corrected chi connectivity index (χ3v) is 4.18. The number of hydrogen-bond donors (Lipinski definition) is 0. The van der Waals surface area contributed by atoms with Crippen molar-refractivity contribution in [3.8, 4) is 0 Å². The Morgan fingerprint density at radius 3 is 1.77 bits per heavy atom. The van der Waals surface area contributed by atoms with Gasteiger partial charge in [-0.15, -0.1) is 0 Å². The molecule has 106 valence electrons. The summed E-state index contributed by atoms with van der Waals surface area (Å²) >= 11 is 0. The van der Waals surface area contributed by atoms with E-state index < -0.39 is 0 Å². The average molecular weight is 283 g/mol. The second-order valence-electron chi connectivity index (χ2n) is 5.52. The third kappa shape index (κ3) is 2.21. The first kappa shape index (κ1) is 12.9. The lowest BCUT2D eigenvalue weighted by atomic mass is 9.85. The number of aromatic nitrogens is 1. The lowest BCUT2D eigenvalue weighted by Gasteiger charge is -2.18. The zero-order valence-corrected chi connectivity index (χ0v) is 12.3. The number of pyridine rings is 1. The van der Waals surface area contributed by atoms with Crippen molar-refractivity contribution in [2.75, 3.05) is 0 Å². The minimum Gasteiger partial charge on any atom is -0.324 e. The highest BCUT2D eigenvalue weighted by Gasteiger charge is 2.19. The molecule has 1 heteroatoms. The molecule has 0 radical (unpaired) electrons. The second-order valence-corrected chi connectivity index (χ2v) is 5.52. The zero-order valence-electron chi connectivity index (χ0n) is 12.3. The smallest absolute Gasteiger partial charge is 0.0491 e. The summed E-state index contributed by atoms with van der Waals surface area (Å²) < 4.78 is 2.19. The van der Waals surface area contributed by atoms with Gasteiger partial charge in [0, 0.05) is 23.8 Å². The van der Waals surface area contributed by atoms with Crippen LogP contribution in [0.25, 0.3) is 5.52 Å². The Morgan fingerprint density at radius 1 is 0.545 bits per heavy atom. The molecule has 0 atom stereocenters.